The van der Waals surface area contributed by atoms with Gasteiger partial charge in [0.15, 0.2) is 0 Å². The second kappa shape index (κ2) is 13.9. The van der Waals surface area contributed by atoms with E-state index in [1.54, 1.807) is 19.1 Å². The Bertz CT molecular complexity index is 1070. The fraction of sp³-hybridized carbons (Fsp3) is 0.308. The van der Waals surface area contributed by atoms with Crippen molar-refractivity contribution >= 4 is 49.4 Å². The molecule has 1 amide bonds. The molecular formula is C26H34FN4O2PS. The molecule has 0 spiro atoms. The second-order valence-electron chi connectivity index (χ2n) is 8.07. The molecule has 1 unspecified atom stereocenters. The summed E-state index contributed by atoms with van der Waals surface area (Å²) in [5.74, 6) is -1.08. The summed E-state index contributed by atoms with van der Waals surface area (Å²) in [6.45, 7) is 11.6. The Balaban J connectivity index is 0.00000137. The maximum atomic E-state index is 14.3. The first kappa shape index (κ1) is 28.4. The molecule has 1 saturated heterocycles. The number of thioether (sulfide) groups is 1. The van der Waals surface area contributed by atoms with E-state index >= 15 is 0 Å². The molecule has 0 radical (unpaired) electrons. The number of Topliss-reactive ketones (excluding diaryl/α,β-unsaturated/α-hetero) is 1. The number of nitrogens with two attached hydrogens (primary N) is 1. The summed E-state index contributed by atoms with van der Waals surface area (Å²) >= 11 is 1.06. The van der Waals surface area contributed by atoms with Crippen molar-refractivity contribution in [2.45, 2.75) is 33.6 Å². The van der Waals surface area contributed by atoms with Crippen LogP contribution in [0.5, 0.6) is 0 Å². The lowest BCUT2D eigenvalue weighted by Crippen LogP contribution is -2.32. The van der Waals surface area contributed by atoms with Gasteiger partial charge in [0.2, 0.25) is 11.7 Å². The van der Waals surface area contributed by atoms with E-state index in [2.05, 4.69) is 40.3 Å². The summed E-state index contributed by atoms with van der Waals surface area (Å²) in [7, 11) is 2.37. The number of carbonyl (C=O) groups is 2. The third kappa shape index (κ3) is 8.41. The number of halogens is 1. The van der Waals surface area contributed by atoms with Gasteiger partial charge in [-0.1, -0.05) is 50.7 Å². The van der Waals surface area contributed by atoms with E-state index in [0.717, 1.165) is 36.1 Å². The smallest absolute Gasteiger partial charge is 0.239 e. The fourth-order valence-electron chi connectivity index (χ4n) is 3.29. The third-order valence-electron chi connectivity index (χ3n) is 4.84. The molecule has 188 valence electrons. The van der Waals surface area contributed by atoms with Gasteiger partial charge in [-0.3, -0.25) is 9.59 Å². The number of benzene rings is 2. The largest absolute Gasteiger partial charge is 0.401 e. The van der Waals surface area contributed by atoms with Gasteiger partial charge in [-0.25, -0.2) is 4.39 Å². The van der Waals surface area contributed by atoms with Crippen LogP contribution in [0.15, 0.2) is 64.7 Å². The molecule has 1 heterocycles. The van der Waals surface area contributed by atoms with Gasteiger partial charge in [0.05, 0.1) is 22.0 Å². The molecule has 2 aromatic rings. The van der Waals surface area contributed by atoms with Crippen LogP contribution in [0.3, 0.4) is 0 Å². The predicted molar refractivity (Wildman–Crippen MR) is 150 cm³/mol. The maximum Gasteiger partial charge on any atom is 0.239 e. The van der Waals surface area contributed by atoms with Crippen molar-refractivity contribution in [2.24, 2.45) is 5.73 Å². The minimum Gasteiger partial charge on any atom is -0.401 e. The highest BCUT2D eigenvalue weighted by Gasteiger charge is 2.22. The van der Waals surface area contributed by atoms with E-state index in [9.17, 15) is 14.0 Å². The second-order valence-corrected chi connectivity index (χ2v) is 9.80. The summed E-state index contributed by atoms with van der Waals surface area (Å²) in [5.41, 5.74) is 7.92. The van der Waals surface area contributed by atoms with E-state index in [0.29, 0.717) is 23.4 Å². The Hall–Kier alpha value is -2.83. The van der Waals surface area contributed by atoms with Crippen LogP contribution < -0.4 is 26.6 Å². The number of amides is 1. The zero-order valence-corrected chi connectivity index (χ0v) is 22.5. The van der Waals surface area contributed by atoms with Gasteiger partial charge in [-0.15, -0.1) is 9.24 Å². The van der Waals surface area contributed by atoms with Crippen LogP contribution >= 0.6 is 21.0 Å². The number of allylic oxidation sites excluding steroid dienone is 2. The van der Waals surface area contributed by atoms with Crippen molar-refractivity contribution in [3.8, 4) is 0 Å². The molecule has 1 atom stereocenters. The van der Waals surface area contributed by atoms with Crippen LogP contribution in [0.2, 0.25) is 0 Å². The first-order valence-electron chi connectivity index (χ1n) is 11.5. The van der Waals surface area contributed by atoms with Gasteiger partial charge >= 0.3 is 0 Å². The van der Waals surface area contributed by atoms with Crippen LogP contribution in [0.25, 0.3) is 0 Å². The van der Waals surface area contributed by atoms with Crippen molar-refractivity contribution in [3.05, 3.63) is 76.1 Å². The molecular weight excluding hydrogens is 482 g/mol. The highest BCUT2D eigenvalue weighted by molar-refractivity contribution is 8.07. The number of hydrogen-bond donors (Lipinski definition) is 3. The van der Waals surface area contributed by atoms with E-state index in [4.69, 9.17) is 5.73 Å². The Morgan fingerprint density at radius 1 is 1.26 bits per heavy atom. The highest BCUT2D eigenvalue weighted by Crippen LogP contribution is 2.31. The standard InChI is InChI=1S/C23H26FN4O2PS.C3H8/c1-14(25)23(22(30)21-18(24)5-3-6-19(21)31)32-15(2)27-16-7-9-17(10-8-16)28-12-4-11-26-20(29)13-28;1-3-2/h3,5-10,27H,2,4,11-13,25,31H2,1H3,(H,26,29);3H2,1-2H3/b23-14+;. The normalized spacial score (nSPS) is 14.1. The topological polar surface area (TPSA) is 87.5 Å². The molecule has 4 N–H and O–H groups in total. The van der Waals surface area contributed by atoms with Crippen molar-refractivity contribution in [3.63, 3.8) is 0 Å². The quantitative estimate of drug-likeness (QED) is 0.280. The Morgan fingerprint density at radius 2 is 1.91 bits per heavy atom. The number of nitrogens with zero attached hydrogens (tertiary/aromatic N) is 1. The van der Waals surface area contributed by atoms with Gasteiger partial charge in [-0.2, -0.15) is 0 Å². The SMILES string of the molecule is C=C(Nc1ccc(N2CCCNC(=O)C2)cc1)S/C(C(=O)c1c(F)cccc1P)=C(\C)N.CCC. The average molecular weight is 517 g/mol. The molecule has 0 bridgehead atoms. The number of carbonyl (C=O) groups excluding carboxylic acids is 2. The Morgan fingerprint density at radius 3 is 2.51 bits per heavy atom. The van der Waals surface area contributed by atoms with Gasteiger partial charge < -0.3 is 21.3 Å². The van der Waals surface area contributed by atoms with E-state index in [1.165, 1.54) is 12.5 Å². The van der Waals surface area contributed by atoms with Crippen LogP contribution in [0.1, 0.15) is 44.0 Å². The molecule has 3 rings (SSSR count). The molecule has 1 fully saturated rings. The van der Waals surface area contributed by atoms with Gasteiger partial charge in [0.1, 0.15) is 5.82 Å². The van der Waals surface area contributed by atoms with Crippen molar-refractivity contribution in [2.75, 3.05) is 29.9 Å². The van der Waals surface area contributed by atoms with Crippen LogP contribution in [-0.4, -0.2) is 31.3 Å². The molecule has 2 aromatic carbocycles. The summed E-state index contributed by atoms with van der Waals surface area (Å²) in [6, 6.07) is 12.0. The number of nitrogens with one attached hydrogen (secondary N) is 2. The van der Waals surface area contributed by atoms with Crippen molar-refractivity contribution < 1.29 is 14.0 Å². The minimum absolute atomic E-state index is 0.0131. The molecule has 1 aliphatic heterocycles. The van der Waals surface area contributed by atoms with Crippen molar-refractivity contribution in [1.82, 2.24) is 5.32 Å². The number of rotatable bonds is 7. The van der Waals surface area contributed by atoms with Gasteiger partial charge in [-0.05, 0) is 49.0 Å². The summed E-state index contributed by atoms with van der Waals surface area (Å²) in [4.78, 5) is 27.0. The van der Waals surface area contributed by atoms with Crippen LogP contribution in [-0.2, 0) is 4.79 Å². The third-order valence-corrected chi connectivity index (χ3v) is 6.38. The number of anilines is 2. The summed E-state index contributed by atoms with van der Waals surface area (Å²) in [6.07, 6.45) is 2.14. The molecule has 1 aliphatic rings. The van der Waals surface area contributed by atoms with E-state index in [-0.39, 0.29) is 22.1 Å². The lowest BCUT2D eigenvalue weighted by Gasteiger charge is -2.21. The number of hydrogen-bond acceptors (Lipinski definition) is 6. The zero-order valence-electron chi connectivity index (χ0n) is 20.5. The maximum absolute atomic E-state index is 14.3. The monoisotopic (exact) mass is 516 g/mol. The first-order chi connectivity index (χ1) is 16.7. The molecule has 6 nitrogen and oxygen atoms in total. The lowest BCUT2D eigenvalue weighted by atomic mass is 10.1. The minimum atomic E-state index is -0.599. The van der Waals surface area contributed by atoms with Crippen LogP contribution in [0, 0.1) is 5.82 Å². The predicted octanol–water partition coefficient (Wildman–Crippen LogP) is 4.76. The molecule has 0 aromatic heterocycles. The van der Waals surface area contributed by atoms with Crippen LogP contribution in [0.4, 0.5) is 15.8 Å². The molecule has 35 heavy (non-hydrogen) atoms. The Kier molecular flexibility index (Phi) is 11.3. The van der Waals surface area contributed by atoms with Gasteiger partial charge in [0, 0.05) is 30.2 Å². The van der Waals surface area contributed by atoms with Crippen molar-refractivity contribution in [1.29, 1.82) is 0 Å². The zero-order chi connectivity index (χ0) is 26.0. The summed E-state index contributed by atoms with van der Waals surface area (Å²) < 4.78 is 14.3. The lowest BCUT2D eigenvalue weighted by molar-refractivity contribution is -0.119. The Labute approximate surface area is 213 Å². The van der Waals surface area contributed by atoms with Gasteiger partial charge in [0.25, 0.3) is 0 Å². The first-order valence-corrected chi connectivity index (χ1v) is 12.9. The molecule has 0 saturated carbocycles. The molecule has 9 heteroatoms. The average Bonchev–Trinajstić information content (AvgIpc) is 3.02. The van der Waals surface area contributed by atoms with E-state index < -0.39 is 11.6 Å². The summed E-state index contributed by atoms with van der Waals surface area (Å²) in [5, 5.41) is 6.94. The van der Waals surface area contributed by atoms with E-state index in [1.807, 2.05) is 29.2 Å². The molecule has 0 aliphatic carbocycles. The number of ketones is 1. The fourth-order valence-corrected chi connectivity index (χ4v) is 4.44. The highest BCUT2D eigenvalue weighted by atomic mass is 32.2.